The van der Waals surface area contributed by atoms with Crippen molar-refractivity contribution >= 4 is 11.3 Å². The zero-order valence-electron chi connectivity index (χ0n) is 8.86. The van der Waals surface area contributed by atoms with Crippen LogP contribution in [0.15, 0.2) is 16.8 Å². The Morgan fingerprint density at radius 3 is 2.86 bits per heavy atom. The van der Waals surface area contributed by atoms with Crippen molar-refractivity contribution in [1.29, 1.82) is 0 Å². The minimum atomic E-state index is -0.374. The van der Waals surface area contributed by atoms with Gasteiger partial charge < -0.3 is 5.11 Å². The van der Waals surface area contributed by atoms with Crippen LogP contribution in [0, 0.1) is 11.8 Å². The minimum Gasteiger partial charge on any atom is -0.390 e. The maximum atomic E-state index is 10.3. The molecule has 1 nitrogen and oxygen atoms in total. The van der Waals surface area contributed by atoms with Crippen LogP contribution in [0.25, 0.3) is 0 Å². The van der Waals surface area contributed by atoms with Gasteiger partial charge in [-0.1, -0.05) is 13.8 Å². The lowest BCUT2D eigenvalue weighted by molar-refractivity contribution is -0.129. The van der Waals surface area contributed by atoms with Crippen molar-refractivity contribution in [2.45, 2.75) is 38.7 Å². The molecule has 2 rings (SSSR count). The van der Waals surface area contributed by atoms with Crippen LogP contribution in [0.5, 0.6) is 0 Å². The van der Waals surface area contributed by atoms with Crippen LogP contribution in [-0.4, -0.2) is 10.7 Å². The zero-order chi connectivity index (χ0) is 10.2. The molecule has 3 atom stereocenters. The molecule has 0 saturated heterocycles. The van der Waals surface area contributed by atoms with Gasteiger partial charge in [-0.25, -0.2) is 0 Å². The highest BCUT2D eigenvalue weighted by molar-refractivity contribution is 7.07. The van der Waals surface area contributed by atoms with E-state index in [9.17, 15) is 5.11 Å². The molecular weight excluding hydrogens is 192 g/mol. The van der Waals surface area contributed by atoms with Crippen molar-refractivity contribution in [2.75, 3.05) is 0 Å². The molecule has 0 aromatic carbocycles. The van der Waals surface area contributed by atoms with Gasteiger partial charge in [-0.05, 0) is 53.5 Å². The van der Waals surface area contributed by atoms with Gasteiger partial charge in [0.2, 0.25) is 0 Å². The van der Waals surface area contributed by atoms with Gasteiger partial charge in [-0.2, -0.15) is 11.3 Å². The summed E-state index contributed by atoms with van der Waals surface area (Å²) in [7, 11) is 0. The maximum Gasteiger partial charge on any atom is 0.0681 e. The van der Waals surface area contributed by atoms with Crippen LogP contribution in [0.3, 0.4) is 0 Å². The average molecular weight is 210 g/mol. The molecule has 1 aliphatic rings. The molecule has 0 amide bonds. The molecule has 0 aliphatic heterocycles. The molecule has 1 aromatic rings. The highest BCUT2D eigenvalue weighted by Gasteiger charge is 2.46. The van der Waals surface area contributed by atoms with Gasteiger partial charge in [0, 0.05) is 0 Å². The summed E-state index contributed by atoms with van der Waals surface area (Å²) >= 11 is 1.74. The Morgan fingerprint density at radius 2 is 2.36 bits per heavy atom. The Bertz CT molecular complexity index is 293. The molecular formula is C12H18OS. The SMILES string of the molecule is CC1CC(O)(CCc2ccsc2)C1C. The van der Waals surface area contributed by atoms with E-state index >= 15 is 0 Å². The molecule has 78 valence electrons. The Morgan fingerprint density at radius 1 is 1.57 bits per heavy atom. The van der Waals surface area contributed by atoms with E-state index in [4.69, 9.17) is 0 Å². The van der Waals surface area contributed by atoms with Crippen molar-refractivity contribution in [3.8, 4) is 0 Å². The highest BCUT2D eigenvalue weighted by Crippen LogP contribution is 2.46. The van der Waals surface area contributed by atoms with Crippen molar-refractivity contribution in [1.82, 2.24) is 0 Å². The molecule has 1 N–H and O–H groups in total. The van der Waals surface area contributed by atoms with E-state index < -0.39 is 0 Å². The van der Waals surface area contributed by atoms with Gasteiger partial charge in [0.15, 0.2) is 0 Å². The molecule has 0 bridgehead atoms. The normalized spacial score (nSPS) is 36.8. The van der Waals surface area contributed by atoms with E-state index in [1.807, 2.05) is 0 Å². The molecule has 0 radical (unpaired) electrons. The van der Waals surface area contributed by atoms with Crippen molar-refractivity contribution < 1.29 is 5.11 Å². The van der Waals surface area contributed by atoms with Crippen LogP contribution < -0.4 is 0 Å². The summed E-state index contributed by atoms with van der Waals surface area (Å²) in [5, 5.41) is 14.5. The van der Waals surface area contributed by atoms with Crippen molar-refractivity contribution in [2.24, 2.45) is 11.8 Å². The number of aliphatic hydroxyl groups is 1. The zero-order valence-corrected chi connectivity index (χ0v) is 9.68. The summed E-state index contributed by atoms with van der Waals surface area (Å²) in [5.74, 6) is 1.17. The fourth-order valence-corrected chi connectivity index (χ4v) is 3.12. The van der Waals surface area contributed by atoms with E-state index in [0.717, 1.165) is 19.3 Å². The van der Waals surface area contributed by atoms with E-state index in [1.54, 1.807) is 11.3 Å². The summed E-state index contributed by atoms with van der Waals surface area (Å²) in [6.07, 6.45) is 2.94. The van der Waals surface area contributed by atoms with Crippen LogP contribution in [0.4, 0.5) is 0 Å². The lowest BCUT2D eigenvalue weighted by Gasteiger charge is -2.49. The van der Waals surface area contributed by atoms with Gasteiger partial charge in [0.1, 0.15) is 0 Å². The second kappa shape index (κ2) is 3.67. The predicted octanol–water partition coefficient (Wildman–Crippen LogP) is 3.09. The van der Waals surface area contributed by atoms with Gasteiger partial charge in [-0.3, -0.25) is 0 Å². The summed E-state index contributed by atoms with van der Waals surface area (Å²) < 4.78 is 0. The third-order valence-electron chi connectivity index (χ3n) is 3.80. The van der Waals surface area contributed by atoms with Crippen LogP contribution in [0.2, 0.25) is 0 Å². The Hall–Kier alpha value is -0.340. The van der Waals surface area contributed by atoms with Crippen LogP contribution >= 0.6 is 11.3 Å². The molecule has 14 heavy (non-hydrogen) atoms. The number of thiophene rings is 1. The van der Waals surface area contributed by atoms with Crippen LogP contribution in [0.1, 0.15) is 32.3 Å². The molecule has 1 aliphatic carbocycles. The third-order valence-corrected chi connectivity index (χ3v) is 4.54. The molecule has 0 spiro atoms. The minimum absolute atomic E-state index is 0.374. The first-order valence-corrected chi connectivity index (χ1v) is 6.29. The summed E-state index contributed by atoms with van der Waals surface area (Å²) in [6.45, 7) is 4.39. The molecule has 1 fully saturated rings. The Balaban J connectivity index is 1.87. The first kappa shape index (κ1) is 10.2. The largest absolute Gasteiger partial charge is 0.390 e. The smallest absolute Gasteiger partial charge is 0.0681 e. The average Bonchev–Trinajstić information content (AvgIpc) is 2.67. The lowest BCUT2D eigenvalue weighted by atomic mass is 9.61. The highest BCUT2D eigenvalue weighted by atomic mass is 32.1. The second-order valence-corrected chi connectivity index (χ2v) is 5.49. The fraction of sp³-hybridized carbons (Fsp3) is 0.667. The monoisotopic (exact) mass is 210 g/mol. The van der Waals surface area contributed by atoms with Crippen molar-refractivity contribution in [3.63, 3.8) is 0 Å². The van der Waals surface area contributed by atoms with Gasteiger partial charge >= 0.3 is 0 Å². The van der Waals surface area contributed by atoms with E-state index in [-0.39, 0.29) is 5.60 Å². The van der Waals surface area contributed by atoms with Gasteiger partial charge in [0.05, 0.1) is 5.60 Å². The summed E-state index contributed by atoms with van der Waals surface area (Å²) in [4.78, 5) is 0. The number of rotatable bonds is 3. The molecule has 1 heterocycles. The lowest BCUT2D eigenvalue weighted by Crippen LogP contribution is -2.51. The summed E-state index contributed by atoms with van der Waals surface area (Å²) in [5.41, 5.74) is 0.997. The summed E-state index contributed by atoms with van der Waals surface area (Å²) in [6, 6.07) is 2.15. The fourth-order valence-electron chi connectivity index (χ4n) is 2.41. The topological polar surface area (TPSA) is 20.2 Å². The second-order valence-electron chi connectivity index (χ2n) is 4.71. The molecule has 3 unspecified atom stereocenters. The molecule has 1 saturated carbocycles. The van der Waals surface area contributed by atoms with E-state index in [1.165, 1.54) is 5.56 Å². The standard InChI is InChI=1S/C12H18OS/c1-9-7-12(13,10(9)2)5-3-11-4-6-14-8-11/h4,6,8-10,13H,3,5,7H2,1-2H3. The predicted molar refractivity (Wildman–Crippen MR) is 60.5 cm³/mol. The molecule has 2 heteroatoms. The first-order chi connectivity index (χ1) is 6.62. The van der Waals surface area contributed by atoms with Gasteiger partial charge in [-0.15, -0.1) is 0 Å². The maximum absolute atomic E-state index is 10.3. The first-order valence-electron chi connectivity index (χ1n) is 5.35. The quantitative estimate of drug-likeness (QED) is 0.813. The van der Waals surface area contributed by atoms with Crippen LogP contribution in [-0.2, 0) is 6.42 Å². The van der Waals surface area contributed by atoms with E-state index in [2.05, 4.69) is 30.7 Å². The van der Waals surface area contributed by atoms with Crippen molar-refractivity contribution in [3.05, 3.63) is 22.4 Å². The van der Waals surface area contributed by atoms with Gasteiger partial charge in [0.25, 0.3) is 0 Å². The number of aryl methyl sites for hydroxylation is 1. The third kappa shape index (κ3) is 1.73. The molecule has 1 aromatic heterocycles. The Kier molecular flexibility index (Phi) is 2.67. The number of hydrogen-bond donors (Lipinski definition) is 1. The van der Waals surface area contributed by atoms with E-state index in [0.29, 0.717) is 11.8 Å². The Labute approximate surface area is 89.8 Å². The number of hydrogen-bond acceptors (Lipinski definition) is 2.